The van der Waals surface area contributed by atoms with Crippen LogP contribution in [0.1, 0.15) is 73.4 Å². The molecule has 9 rings (SSSR count). The van der Waals surface area contributed by atoms with Crippen LogP contribution in [0.5, 0.6) is 0 Å². The first-order chi connectivity index (χ1) is 32.0. The molecule has 11 nitrogen and oxygen atoms in total. The van der Waals surface area contributed by atoms with Crippen molar-refractivity contribution in [3.05, 3.63) is 159 Å². The van der Waals surface area contributed by atoms with E-state index in [9.17, 15) is 14.4 Å². The SMILES string of the molecule is COC(=O)c1cc(C(=O)NC2CCC(NC(=O)c3ccc(C4=C5C=CC(=[NH2+])C=C5[Si](C)(C)c5cc(N)ccc54)c(C)c3)CC2)ccc1-c1c2ccc(=[N+](C)C)cc-2oc2cc(N(C)C)ccc12. The normalized spacial score (nSPS) is 17.4. The van der Waals surface area contributed by atoms with Crippen molar-refractivity contribution in [1.29, 1.82) is 0 Å². The molecule has 1 fully saturated rings. The fourth-order valence-electron chi connectivity index (χ4n) is 10.1. The van der Waals surface area contributed by atoms with Crippen LogP contribution in [0.2, 0.25) is 13.1 Å². The van der Waals surface area contributed by atoms with Gasteiger partial charge in [0.15, 0.2) is 5.71 Å². The first-order valence-electron chi connectivity index (χ1n) is 22.8. The van der Waals surface area contributed by atoms with Gasteiger partial charge in [-0.25, -0.2) is 9.37 Å². The van der Waals surface area contributed by atoms with Crippen molar-refractivity contribution in [1.82, 2.24) is 15.2 Å². The Kier molecular flexibility index (Phi) is 11.7. The van der Waals surface area contributed by atoms with E-state index in [0.717, 1.165) is 55.7 Å². The molecule has 3 aliphatic carbocycles. The van der Waals surface area contributed by atoms with Gasteiger partial charge in [0.25, 0.3) is 11.8 Å². The summed E-state index contributed by atoms with van der Waals surface area (Å²) in [5.41, 5.74) is 18.5. The van der Waals surface area contributed by atoms with E-state index in [2.05, 4.69) is 61.0 Å². The molecule has 0 atom stereocenters. The predicted octanol–water partition coefficient (Wildman–Crippen LogP) is 6.42. The molecule has 0 saturated heterocycles. The number of allylic oxidation sites excluding steroid dienone is 5. The molecule has 4 aromatic rings. The Balaban J connectivity index is 0.909. The molecular weight excluding hydrogens is 853 g/mol. The largest absolute Gasteiger partial charge is 0.465 e. The van der Waals surface area contributed by atoms with Crippen LogP contribution in [0.3, 0.4) is 0 Å². The summed E-state index contributed by atoms with van der Waals surface area (Å²) in [7, 11) is 7.14. The van der Waals surface area contributed by atoms with Crippen molar-refractivity contribution in [2.24, 2.45) is 0 Å². The Morgan fingerprint density at radius 3 is 2.07 bits per heavy atom. The second-order valence-electron chi connectivity index (χ2n) is 19.0. The monoisotopic (exact) mass is 910 g/mol. The Labute approximate surface area is 392 Å². The van der Waals surface area contributed by atoms with Crippen molar-refractivity contribution >= 4 is 64.7 Å². The number of fused-ring (bicyclic) bond motifs is 4. The third-order valence-corrected chi connectivity index (χ3v) is 17.3. The van der Waals surface area contributed by atoms with Crippen LogP contribution in [0, 0.1) is 6.92 Å². The van der Waals surface area contributed by atoms with Gasteiger partial charge in [-0.2, -0.15) is 0 Å². The number of hydrogen-bond acceptors (Lipinski definition) is 7. The molecule has 340 valence electrons. The third kappa shape index (κ3) is 8.31. The third-order valence-electron chi connectivity index (χ3n) is 13.8. The summed E-state index contributed by atoms with van der Waals surface area (Å²) >= 11 is 0. The van der Waals surface area contributed by atoms with Crippen LogP contribution in [-0.4, -0.2) is 79.0 Å². The highest BCUT2D eigenvalue weighted by Gasteiger charge is 2.40. The number of nitrogens with two attached hydrogens (primary N) is 2. The molecule has 6 N–H and O–H groups in total. The van der Waals surface area contributed by atoms with Crippen LogP contribution in [0.15, 0.2) is 124 Å². The molecule has 0 spiro atoms. The minimum Gasteiger partial charge on any atom is -0.465 e. The smallest absolute Gasteiger partial charge is 0.338 e. The number of hydrogen-bond donors (Lipinski definition) is 4. The van der Waals surface area contributed by atoms with E-state index in [1.165, 1.54) is 28.6 Å². The number of nitrogen functional groups attached to an aromatic ring is 1. The van der Waals surface area contributed by atoms with Crippen LogP contribution >= 0.6 is 0 Å². The number of methoxy groups -OCH3 is 1. The maximum atomic E-state index is 13.9. The highest BCUT2D eigenvalue weighted by Crippen LogP contribution is 2.44. The van der Waals surface area contributed by atoms with Gasteiger partial charge in [-0.1, -0.05) is 31.3 Å². The molecule has 0 bridgehead atoms. The van der Waals surface area contributed by atoms with Crippen molar-refractivity contribution in [3.63, 3.8) is 0 Å². The second-order valence-corrected chi connectivity index (χ2v) is 23.3. The van der Waals surface area contributed by atoms with Gasteiger partial charge in [-0.15, -0.1) is 0 Å². The molecular formula is C55H58N6O5Si+2. The summed E-state index contributed by atoms with van der Waals surface area (Å²) < 4.78 is 13.8. The number of nitrogens with zero attached hydrogens (tertiary/aromatic N) is 2. The van der Waals surface area contributed by atoms with Gasteiger partial charge in [0.2, 0.25) is 5.36 Å². The Morgan fingerprint density at radius 2 is 1.43 bits per heavy atom. The standard InChI is InChI=1S/C55H56N6O5Si/c1-31-25-32(9-19-40(31)51-44-21-11-34(56)27-49(44)67(7,8)50-28-35(57)12-22-45(50)51)53(62)58-36-13-15-37(16-14-36)59-54(63)33-10-20-41(46(26-33)55(64)65-6)52-42-23-17-38(60(2)3)29-47(42)66-48-30-39(61(4)5)18-24-43(48)52/h9-12,17-30,36-37H,13-16H2,1-8H3,(H4-,56,57,58,59,62,63)/p+2. The van der Waals surface area contributed by atoms with Gasteiger partial charge in [-0.05, 0) is 137 Å². The predicted molar refractivity (Wildman–Crippen MR) is 271 cm³/mol. The Hall–Kier alpha value is -7.31. The molecule has 0 aromatic heterocycles. The van der Waals surface area contributed by atoms with E-state index in [1.54, 1.807) is 12.1 Å². The zero-order chi connectivity index (χ0) is 47.5. The van der Waals surface area contributed by atoms with Gasteiger partial charge in [0.1, 0.15) is 33.5 Å². The Bertz CT molecular complexity index is 3220. The molecule has 0 unspecified atom stereocenters. The van der Waals surface area contributed by atoms with Crippen molar-refractivity contribution < 1.29 is 28.9 Å². The summed E-state index contributed by atoms with van der Waals surface area (Å²) in [4.78, 5) is 43.2. The molecule has 12 heteroatoms. The summed E-state index contributed by atoms with van der Waals surface area (Å²) in [6.45, 7) is 6.74. The Morgan fingerprint density at radius 1 is 0.791 bits per heavy atom. The molecule has 5 aliphatic rings. The highest BCUT2D eigenvalue weighted by atomic mass is 28.3. The number of nitrogens with one attached hydrogen (secondary N) is 2. The number of carbonyl (C=O) groups is 3. The molecule has 2 aliphatic heterocycles. The highest BCUT2D eigenvalue weighted by molar-refractivity contribution is 6.98. The fraction of sp³-hybridized carbons (Fsp3) is 0.255. The van der Waals surface area contributed by atoms with Gasteiger partial charge in [0.05, 0.1) is 18.7 Å². The number of benzene rings is 5. The van der Waals surface area contributed by atoms with E-state index in [-0.39, 0.29) is 29.5 Å². The van der Waals surface area contributed by atoms with Gasteiger partial charge < -0.3 is 30.4 Å². The molecule has 2 heterocycles. The summed E-state index contributed by atoms with van der Waals surface area (Å²) in [6, 6.07) is 29.3. The lowest BCUT2D eigenvalue weighted by Gasteiger charge is -2.37. The summed E-state index contributed by atoms with van der Waals surface area (Å²) in [5.74, 6) is -0.280. The van der Waals surface area contributed by atoms with Gasteiger partial charge in [0, 0.05) is 89.5 Å². The van der Waals surface area contributed by atoms with Crippen LogP contribution < -0.4 is 41.8 Å². The second kappa shape index (κ2) is 17.5. The first-order valence-corrected chi connectivity index (χ1v) is 25.8. The fourth-order valence-corrected chi connectivity index (χ4v) is 13.2. The van der Waals surface area contributed by atoms with E-state index in [1.807, 2.05) is 104 Å². The topological polar surface area (TPSA) is 156 Å². The number of aryl methyl sites for hydroxylation is 1. The number of anilines is 2. The zero-order valence-corrected chi connectivity index (χ0v) is 40.5. The average molecular weight is 911 g/mol. The molecule has 67 heavy (non-hydrogen) atoms. The number of amides is 2. The minimum atomic E-state index is -2.11. The lowest BCUT2D eigenvalue weighted by Crippen LogP contribution is -2.50. The lowest BCUT2D eigenvalue weighted by molar-refractivity contribution is -0.110. The molecule has 4 aromatic carbocycles. The summed E-state index contributed by atoms with van der Waals surface area (Å²) in [5, 5.41) is 17.2. The van der Waals surface area contributed by atoms with Gasteiger partial charge >= 0.3 is 5.97 Å². The molecule has 0 radical (unpaired) electrons. The maximum Gasteiger partial charge on any atom is 0.338 e. The van der Waals surface area contributed by atoms with Crippen molar-refractivity contribution in [2.75, 3.05) is 45.9 Å². The van der Waals surface area contributed by atoms with Crippen molar-refractivity contribution in [2.45, 2.75) is 57.8 Å². The first kappa shape index (κ1) is 44.9. The number of carbonyl (C=O) groups excluding carboxylic acids is 3. The number of esters is 1. The zero-order valence-electron chi connectivity index (χ0n) is 39.5. The average Bonchev–Trinajstić information content (AvgIpc) is 3.31. The van der Waals surface area contributed by atoms with Crippen LogP contribution in [0.4, 0.5) is 11.4 Å². The van der Waals surface area contributed by atoms with Gasteiger partial charge in [-0.3, -0.25) is 15.0 Å². The lowest BCUT2D eigenvalue weighted by atomic mass is 9.87. The molecule has 2 amide bonds. The van der Waals surface area contributed by atoms with E-state index < -0.39 is 14.0 Å². The van der Waals surface area contributed by atoms with E-state index in [4.69, 9.17) is 20.3 Å². The van der Waals surface area contributed by atoms with E-state index >= 15 is 0 Å². The summed E-state index contributed by atoms with van der Waals surface area (Å²) in [6.07, 6.45) is 9.03. The quantitative estimate of drug-likeness (QED) is 0.0452. The minimum absolute atomic E-state index is 0.0368. The van der Waals surface area contributed by atoms with Crippen LogP contribution in [0.25, 0.3) is 39.0 Å². The maximum absolute atomic E-state index is 13.9. The molecule has 1 saturated carbocycles. The van der Waals surface area contributed by atoms with Crippen LogP contribution in [-0.2, 0) is 4.74 Å². The number of rotatable bonds is 8. The number of ether oxygens (including phenoxy) is 1. The van der Waals surface area contributed by atoms with E-state index in [0.29, 0.717) is 53.7 Å². The van der Waals surface area contributed by atoms with Crippen molar-refractivity contribution in [3.8, 4) is 22.5 Å².